The number of carbonyl (C=O) groups excluding carboxylic acids is 1. The van der Waals surface area contributed by atoms with Gasteiger partial charge in [-0.2, -0.15) is 0 Å². The maximum atomic E-state index is 11.8. The number of thiophene rings is 1. The summed E-state index contributed by atoms with van der Waals surface area (Å²) < 4.78 is 1.65. The summed E-state index contributed by atoms with van der Waals surface area (Å²) in [5, 5.41) is 0. The van der Waals surface area contributed by atoms with Gasteiger partial charge in [-0.1, -0.05) is 45.7 Å². The minimum absolute atomic E-state index is 0.0233. The molecule has 1 aromatic carbocycles. The second-order valence-corrected chi connectivity index (χ2v) is 5.98. The Morgan fingerprint density at radius 1 is 1.18 bits per heavy atom. The lowest BCUT2D eigenvalue weighted by Gasteiger charge is -1.93. The van der Waals surface area contributed by atoms with Crippen LogP contribution >= 0.6 is 38.9 Å². The van der Waals surface area contributed by atoms with Crippen LogP contribution in [0.25, 0.3) is 6.08 Å². The van der Waals surface area contributed by atoms with Crippen molar-refractivity contribution in [3.05, 3.63) is 61.7 Å². The van der Waals surface area contributed by atoms with Gasteiger partial charge in [0.15, 0.2) is 5.78 Å². The van der Waals surface area contributed by atoms with Gasteiger partial charge < -0.3 is 0 Å². The molecule has 0 aliphatic heterocycles. The molecule has 0 radical (unpaired) electrons. The Morgan fingerprint density at radius 3 is 2.47 bits per heavy atom. The monoisotopic (exact) mass is 326 g/mol. The van der Waals surface area contributed by atoms with E-state index in [-0.39, 0.29) is 5.78 Å². The highest BCUT2D eigenvalue weighted by atomic mass is 79.9. The highest BCUT2D eigenvalue weighted by Gasteiger charge is 2.04. The van der Waals surface area contributed by atoms with Gasteiger partial charge in [-0.15, -0.1) is 11.3 Å². The van der Waals surface area contributed by atoms with Crippen molar-refractivity contribution in [2.45, 2.75) is 0 Å². The largest absolute Gasteiger partial charge is 0.288 e. The molecule has 0 fully saturated rings. The topological polar surface area (TPSA) is 17.1 Å². The van der Waals surface area contributed by atoms with Crippen LogP contribution in [0.2, 0.25) is 4.34 Å². The molecule has 17 heavy (non-hydrogen) atoms. The van der Waals surface area contributed by atoms with Crippen LogP contribution in [-0.2, 0) is 0 Å². The molecule has 1 heterocycles. The maximum Gasteiger partial charge on any atom is 0.195 e. The number of allylic oxidation sites excluding steroid dienone is 1. The van der Waals surface area contributed by atoms with Crippen molar-refractivity contribution in [1.82, 2.24) is 0 Å². The van der Waals surface area contributed by atoms with Crippen molar-refractivity contribution >= 4 is 50.7 Å². The Hall–Kier alpha value is -0.900. The van der Waals surface area contributed by atoms with Gasteiger partial charge in [0.2, 0.25) is 0 Å². The zero-order valence-electron chi connectivity index (χ0n) is 8.69. The van der Waals surface area contributed by atoms with Gasteiger partial charge in [-0.05, 0) is 35.9 Å². The smallest absolute Gasteiger partial charge is 0.195 e. The summed E-state index contributed by atoms with van der Waals surface area (Å²) in [6, 6.07) is 11.2. The Kier molecular flexibility index (Phi) is 4.15. The SMILES string of the molecule is O=C(/C=C/c1ccc(Br)cc1)c1ccc(Cl)s1. The van der Waals surface area contributed by atoms with Crippen LogP contribution in [0.15, 0.2) is 46.9 Å². The Balaban J connectivity index is 2.10. The number of halogens is 2. The minimum atomic E-state index is -0.0233. The average molecular weight is 328 g/mol. The summed E-state index contributed by atoms with van der Waals surface area (Å²) in [6.45, 7) is 0. The molecule has 0 saturated heterocycles. The Morgan fingerprint density at radius 2 is 1.88 bits per heavy atom. The second-order valence-electron chi connectivity index (χ2n) is 3.35. The molecule has 0 spiro atoms. The molecule has 1 aromatic heterocycles. The molecule has 0 aliphatic carbocycles. The quantitative estimate of drug-likeness (QED) is 0.569. The molecule has 86 valence electrons. The molecule has 2 aromatic rings. The van der Waals surface area contributed by atoms with E-state index >= 15 is 0 Å². The van der Waals surface area contributed by atoms with E-state index in [1.54, 1.807) is 24.3 Å². The van der Waals surface area contributed by atoms with Gasteiger partial charge in [0.1, 0.15) is 0 Å². The van der Waals surface area contributed by atoms with Crippen molar-refractivity contribution in [1.29, 1.82) is 0 Å². The van der Waals surface area contributed by atoms with Crippen molar-refractivity contribution < 1.29 is 4.79 Å². The minimum Gasteiger partial charge on any atom is -0.288 e. The predicted molar refractivity (Wildman–Crippen MR) is 76.8 cm³/mol. The Labute approximate surface area is 117 Å². The Bertz CT molecular complexity index is 557. The van der Waals surface area contributed by atoms with Gasteiger partial charge >= 0.3 is 0 Å². The fourth-order valence-corrected chi connectivity index (χ4v) is 2.50. The lowest BCUT2D eigenvalue weighted by molar-refractivity contribution is 0.105. The van der Waals surface area contributed by atoms with Crippen LogP contribution in [-0.4, -0.2) is 5.78 Å². The summed E-state index contributed by atoms with van der Waals surface area (Å²) in [7, 11) is 0. The van der Waals surface area contributed by atoms with Crippen LogP contribution < -0.4 is 0 Å². The van der Waals surface area contributed by atoms with Crippen LogP contribution in [0, 0.1) is 0 Å². The van der Waals surface area contributed by atoms with E-state index in [4.69, 9.17) is 11.6 Å². The molecule has 0 atom stereocenters. The molecule has 0 unspecified atom stereocenters. The first-order valence-electron chi connectivity index (χ1n) is 4.88. The van der Waals surface area contributed by atoms with Crippen molar-refractivity contribution in [2.24, 2.45) is 0 Å². The first-order valence-corrected chi connectivity index (χ1v) is 6.87. The van der Waals surface area contributed by atoms with Gasteiger partial charge in [-0.25, -0.2) is 0 Å². The van der Waals surface area contributed by atoms with Gasteiger partial charge in [0.25, 0.3) is 0 Å². The summed E-state index contributed by atoms with van der Waals surface area (Å²) in [5.74, 6) is -0.0233. The maximum absolute atomic E-state index is 11.8. The van der Waals surface area contributed by atoms with Gasteiger partial charge in [-0.3, -0.25) is 4.79 Å². The highest BCUT2D eigenvalue weighted by molar-refractivity contribution is 9.10. The number of rotatable bonds is 3. The van der Waals surface area contributed by atoms with E-state index in [0.717, 1.165) is 10.0 Å². The molecule has 0 saturated carbocycles. The van der Waals surface area contributed by atoms with Gasteiger partial charge in [0.05, 0.1) is 9.21 Å². The normalized spacial score (nSPS) is 10.9. The fraction of sp³-hybridized carbons (Fsp3) is 0. The average Bonchev–Trinajstić information content (AvgIpc) is 2.75. The number of ketones is 1. The first kappa shape index (κ1) is 12.6. The third-order valence-electron chi connectivity index (χ3n) is 2.11. The highest BCUT2D eigenvalue weighted by Crippen LogP contribution is 2.22. The third-order valence-corrected chi connectivity index (χ3v) is 3.89. The molecular formula is C13H8BrClOS. The number of hydrogen-bond acceptors (Lipinski definition) is 2. The number of carbonyl (C=O) groups is 1. The third kappa shape index (κ3) is 3.53. The van der Waals surface area contributed by atoms with Crippen LogP contribution in [0.3, 0.4) is 0 Å². The molecule has 1 nitrogen and oxygen atoms in total. The summed E-state index contributed by atoms with van der Waals surface area (Å²) in [5.41, 5.74) is 0.990. The molecule has 2 rings (SSSR count). The molecule has 0 amide bonds. The van der Waals surface area contributed by atoms with Crippen molar-refractivity contribution in [2.75, 3.05) is 0 Å². The lowest BCUT2D eigenvalue weighted by atomic mass is 10.2. The summed E-state index contributed by atoms with van der Waals surface area (Å²) in [4.78, 5) is 12.4. The molecule has 0 N–H and O–H groups in total. The number of benzene rings is 1. The van der Waals surface area contributed by atoms with E-state index in [0.29, 0.717) is 9.21 Å². The van der Waals surface area contributed by atoms with Crippen molar-refractivity contribution in [3.63, 3.8) is 0 Å². The van der Waals surface area contributed by atoms with Gasteiger partial charge in [0, 0.05) is 4.47 Å². The fourth-order valence-electron chi connectivity index (χ4n) is 1.27. The van der Waals surface area contributed by atoms with Crippen molar-refractivity contribution in [3.8, 4) is 0 Å². The van der Waals surface area contributed by atoms with E-state index in [2.05, 4.69) is 15.9 Å². The zero-order chi connectivity index (χ0) is 12.3. The zero-order valence-corrected chi connectivity index (χ0v) is 11.8. The van der Waals surface area contributed by atoms with Crippen LogP contribution in [0.1, 0.15) is 15.2 Å². The number of hydrogen-bond donors (Lipinski definition) is 0. The summed E-state index contributed by atoms with van der Waals surface area (Å²) in [6.07, 6.45) is 3.35. The van der Waals surface area contributed by atoms with E-state index in [1.807, 2.05) is 24.3 Å². The second kappa shape index (κ2) is 5.63. The molecule has 0 aliphatic rings. The molecular weight excluding hydrogens is 320 g/mol. The standard InChI is InChI=1S/C13H8BrClOS/c14-10-4-1-9(2-5-10)3-6-11(16)12-7-8-13(15)17-12/h1-8H/b6-3+. The molecule has 4 heteroatoms. The first-order chi connectivity index (χ1) is 8.15. The van der Waals surface area contributed by atoms with Crippen LogP contribution in [0.5, 0.6) is 0 Å². The molecule has 0 bridgehead atoms. The van der Waals surface area contributed by atoms with Crippen LogP contribution in [0.4, 0.5) is 0 Å². The van der Waals surface area contributed by atoms with E-state index in [1.165, 1.54) is 11.3 Å². The summed E-state index contributed by atoms with van der Waals surface area (Å²) >= 11 is 10.4. The van der Waals surface area contributed by atoms with E-state index < -0.39 is 0 Å². The predicted octanol–water partition coefficient (Wildman–Crippen LogP) is 5.06. The van der Waals surface area contributed by atoms with E-state index in [9.17, 15) is 4.79 Å². The lowest BCUT2D eigenvalue weighted by Crippen LogP contribution is -1.88.